The van der Waals surface area contributed by atoms with Gasteiger partial charge in [0.05, 0.1) is 31.2 Å². The molecule has 1 aliphatic heterocycles. The average molecular weight is 864 g/mol. The molecular weight excluding hydrogens is 819 g/mol. The second-order valence-electron chi connectivity index (χ2n) is 13.7. The van der Waals surface area contributed by atoms with E-state index in [0.29, 0.717) is 11.1 Å². The molecule has 1 heterocycles. The van der Waals surface area contributed by atoms with Crippen LogP contribution < -0.4 is 5.32 Å². The molecule has 324 valence electrons. The lowest BCUT2D eigenvalue weighted by Crippen LogP contribution is -2.69. The van der Waals surface area contributed by atoms with E-state index in [4.69, 9.17) is 37.3 Å². The SMILES string of the molecule is CC(=O)O[C@@H]([C@@H]1O[C@@](OCc2ccccc2)(C(=O)OCc2ccccc2)C[C@H](OC(C)=O)[C@H]1NC(=O)COCc1ccccc1)[C@@H](COC(=O)c1ccccc1)OS(=O)(=O)O. The summed E-state index contributed by atoms with van der Waals surface area (Å²) in [4.78, 5) is 66.9. The highest BCUT2D eigenvalue weighted by Gasteiger charge is 2.59. The summed E-state index contributed by atoms with van der Waals surface area (Å²) in [6, 6.07) is 31.9. The van der Waals surface area contributed by atoms with Crippen molar-refractivity contribution in [2.75, 3.05) is 13.2 Å². The summed E-state index contributed by atoms with van der Waals surface area (Å²) in [6.07, 6.45) is -8.43. The Labute approximate surface area is 352 Å². The van der Waals surface area contributed by atoms with Gasteiger partial charge in [0.2, 0.25) is 5.91 Å². The Balaban J connectivity index is 1.59. The number of carbonyl (C=O) groups excluding carboxylic acids is 5. The summed E-state index contributed by atoms with van der Waals surface area (Å²) in [5, 5.41) is 2.64. The molecule has 0 unspecified atom stereocenters. The van der Waals surface area contributed by atoms with Gasteiger partial charge in [0.15, 0.2) is 12.2 Å². The van der Waals surface area contributed by atoms with Gasteiger partial charge in [-0.05, 0) is 28.8 Å². The molecule has 2 N–H and O–H groups in total. The van der Waals surface area contributed by atoms with Gasteiger partial charge in [-0.15, -0.1) is 0 Å². The maximum Gasteiger partial charge on any atom is 0.397 e. The Kier molecular flexibility index (Phi) is 16.6. The van der Waals surface area contributed by atoms with Gasteiger partial charge in [-0.1, -0.05) is 109 Å². The van der Waals surface area contributed by atoms with Crippen LogP contribution in [0.4, 0.5) is 0 Å². The fraction of sp³-hybridized carbons (Fsp3) is 0.326. The lowest BCUT2D eigenvalue weighted by atomic mass is 9.88. The molecule has 4 aromatic carbocycles. The van der Waals surface area contributed by atoms with Crippen molar-refractivity contribution < 1.29 is 74.3 Å². The van der Waals surface area contributed by atoms with Gasteiger partial charge in [0, 0.05) is 13.8 Å². The lowest BCUT2D eigenvalue weighted by molar-refractivity contribution is -0.318. The van der Waals surface area contributed by atoms with Crippen LogP contribution in [0, 0.1) is 0 Å². The molecule has 0 saturated carbocycles. The van der Waals surface area contributed by atoms with Crippen molar-refractivity contribution in [3.05, 3.63) is 144 Å². The van der Waals surface area contributed by atoms with Gasteiger partial charge < -0.3 is 38.5 Å². The van der Waals surface area contributed by atoms with E-state index >= 15 is 0 Å². The number of carbonyl (C=O) groups is 5. The number of benzene rings is 4. The molecule has 61 heavy (non-hydrogen) atoms. The standard InChI is InChI=1S/C43H45NO16S/c1-29(45)57-35-23-43(56-26-33-19-11-5-12-20-33,42(49)55-25-32-17-9-4-10-18-32)59-40(38(35)44-37(47)28-53-24-31-15-7-3-8-16-31)39(58-30(2)46)36(60-61(50,51)52)27-54-41(48)34-21-13-6-14-22-34/h3-22,35-36,38-40H,23-28H2,1-2H3,(H,44,47)(H,50,51,52)/t35-,36+,38+,39+,40+,43+/m0/s1. The number of nitrogens with one attached hydrogen (secondary N) is 1. The van der Waals surface area contributed by atoms with E-state index in [-0.39, 0.29) is 25.4 Å². The van der Waals surface area contributed by atoms with Crippen LogP contribution in [-0.4, -0.2) is 92.2 Å². The summed E-state index contributed by atoms with van der Waals surface area (Å²) < 4.78 is 80.6. The zero-order chi connectivity index (χ0) is 43.8. The lowest BCUT2D eigenvalue weighted by Gasteiger charge is -2.48. The topological polar surface area (TPSA) is 226 Å². The van der Waals surface area contributed by atoms with E-state index in [2.05, 4.69) is 5.32 Å². The van der Waals surface area contributed by atoms with Crippen LogP contribution >= 0.6 is 0 Å². The third-order valence-electron chi connectivity index (χ3n) is 9.00. The molecule has 0 radical (unpaired) electrons. The number of rotatable bonds is 20. The Morgan fingerprint density at radius 1 is 0.754 bits per heavy atom. The normalized spacial score (nSPS) is 19.7. The number of ether oxygens (including phenoxy) is 7. The van der Waals surface area contributed by atoms with Crippen LogP contribution in [-0.2, 0) is 86.7 Å². The van der Waals surface area contributed by atoms with Crippen molar-refractivity contribution in [2.24, 2.45) is 0 Å². The molecule has 17 nitrogen and oxygen atoms in total. The first kappa shape index (κ1) is 46.1. The van der Waals surface area contributed by atoms with Crippen molar-refractivity contribution in [3.63, 3.8) is 0 Å². The largest absolute Gasteiger partial charge is 0.460 e. The maximum atomic E-state index is 14.4. The predicted molar refractivity (Wildman–Crippen MR) is 212 cm³/mol. The summed E-state index contributed by atoms with van der Waals surface area (Å²) in [5.41, 5.74) is 1.89. The van der Waals surface area contributed by atoms with Gasteiger partial charge in [-0.2, -0.15) is 8.42 Å². The minimum Gasteiger partial charge on any atom is -0.460 e. The van der Waals surface area contributed by atoms with Crippen molar-refractivity contribution in [3.8, 4) is 0 Å². The Bertz CT molecular complexity index is 2180. The van der Waals surface area contributed by atoms with Crippen LogP contribution in [0.15, 0.2) is 121 Å². The van der Waals surface area contributed by atoms with Crippen molar-refractivity contribution >= 4 is 40.2 Å². The quantitative estimate of drug-likeness (QED) is 0.0726. The summed E-state index contributed by atoms with van der Waals surface area (Å²) in [7, 11) is -5.45. The Morgan fingerprint density at radius 3 is 1.84 bits per heavy atom. The molecule has 4 aromatic rings. The fourth-order valence-corrected chi connectivity index (χ4v) is 6.85. The highest BCUT2D eigenvalue weighted by molar-refractivity contribution is 7.80. The van der Waals surface area contributed by atoms with Gasteiger partial charge in [-0.25, -0.2) is 13.8 Å². The van der Waals surface area contributed by atoms with Crippen LogP contribution in [0.3, 0.4) is 0 Å². The minimum absolute atomic E-state index is 0.0169. The van der Waals surface area contributed by atoms with Gasteiger partial charge in [0.1, 0.15) is 32.0 Å². The molecule has 0 aromatic heterocycles. The molecule has 0 aliphatic carbocycles. The van der Waals surface area contributed by atoms with Crippen molar-refractivity contribution in [1.82, 2.24) is 5.32 Å². The monoisotopic (exact) mass is 863 g/mol. The summed E-state index contributed by atoms with van der Waals surface area (Å²) in [5.74, 6) is -7.48. The first-order valence-corrected chi connectivity index (χ1v) is 20.3. The highest BCUT2D eigenvalue weighted by Crippen LogP contribution is 2.38. The smallest absolute Gasteiger partial charge is 0.397 e. The molecule has 6 atom stereocenters. The number of esters is 4. The Morgan fingerprint density at radius 2 is 1.30 bits per heavy atom. The van der Waals surface area contributed by atoms with E-state index < -0.39 is 96.1 Å². The van der Waals surface area contributed by atoms with Crippen molar-refractivity contribution in [2.45, 2.75) is 76.3 Å². The molecule has 18 heteroatoms. The van der Waals surface area contributed by atoms with Crippen LogP contribution in [0.1, 0.15) is 47.3 Å². The third-order valence-corrected chi connectivity index (χ3v) is 9.50. The first-order valence-electron chi connectivity index (χ1n) is 18.9. The van der Waals surface area contributed by atoms with E-state index in [1.165, 1.54) is 24.3 Å². The second-order valence-corrected chi connectivity index (χ2v) is 14.7. The zero-order valence-electron chi connectivity index (χ0n) is 33.2. The maximum absolute atomic E-state index is 14.4. The third kappa shape index (κ3) is 14.3. The highest BCUT2D eigenvalue weighted by atomic mass is 32.3. The van der Waals surface area contributed by atoms with Crippen LogP contribution in [0.25, 0.3) is 0 Å². The van der Waals surface area contributed by atoms with E-state index in [1.807, 2.05) is 0 Å². The van der Waals surface area contributed by atoms with Crippen molar-refractivity contribution in [1.29, 1.82) is 0 Å². The number of hydrogen-bond acceptors (Lipinski definition) is 15. The van der Waals surface area contributed by atoms with E-state index in [1.54, 1.807) is 97.1 Å². The molecule has 1 amide bonds. The first-order chi connectivity index (χ1) is 29.2. The minimum atomic E-state index is -5.45. The molecular formula is C43H45NO16S. The molecule has 0 bridgehead atoms. The fourth-order valence-electron chi connectivity index (χ4n) is 6.37. The zero-order valence-corrected chi connectivity index (χ0v) is 34.0. The molecule has 1 aliphatic rings. The molecule has 5 rings (SSSR count). The molecule has 1 fully saturated rings. The van der Waals surface area contributed by atoms with Crippen LogP contribution in [0.5, 0.6) is 0 Å². The second kappa shape index (κ2) is 22.0. The summed E-state index contributed by atoms with van der Waals surface area (Å²) in [6.45, 7) is -0.190. The molecule has 0 spiro atoms. The van der Waals surface area contributed by atoms with E-state index in [9.17, 15) is 36.9 Å². The van der Waals surface area contributed by atoms with Crippen LogP contribution in [0.2, 0.25) is 0 Å². The predicted octanol–water partition coefficient (Wildman–Crippen LogP) is 4.04. The van der Waals surface area contributed by atoms with Gasteiger partial charge >= 0.3 is 34.3 Å². The summed E-state index contributed by atoms with van der Waals surface area (Å²) >= 11 is 0. The average Bonchev–Trinajstić information content (AvgIpc) is 3.24. The number of hydrogen-bond donors (Lipinski definition) is 2. The van der Waals surface area contributed by atoms with E-state index in [0.717, 1.165) is 19.4 Å². The van der Waals surface area contributed by atoms with Gasteiger partial charge in [-0.3, -0.25) is 18.9 Å². The molecule has 1 saturated heterocycles. The van der Waals surface area contributed by atoms with Gasteiger partial charge in [0.25, 0.3) is 5.79 Å². The Hall–Kier alpha value is -6.02. The number of amides is 1.